The summed E-state index contributed by atoms with van der Waals surface area (Å²) in [4.78, 5) is 4.18. The minimum Gasteiger partial charge on any atom is -0.362 e. The summed E-state index contributed by atoms with van der Waals surface area (Å²) in [5, 5.41) is 3.84. The van der Waals surface area contributed by atoms with Gasteiger partial charge in [-0.2, -0.15) is 0 Å². The lowest BCUT2D eigenvalue weighted by Gasteiger charge is -2.65. The maximum atomic E-state index is 14.1. The van der Waals surface area contributed by atoms with Crippen LogP contribution in [0.25, 0.3) is 0 Å². The van der Waals surface area contributed by atoms with Crippen LogP contribution >= 0.6 is 11.6 Å². The Bertz CT molecular complexity index is 584. The van der Waals surface area contributed by atoms with Crippen molar-refractivity contribution in [2.45, 2.75) is 57.9 Å². The minimum absolute atomic E-state index is 0.0184. The Morgan fingerprint density at radius 1 is 1.19 bits per heavy atom. The smallest absolute Gasteiger partial charge is 0.166 e. The van der Waals surface area contributed by atoms with Crippen molar-refractivity contribution in [3.63, 3.8) is 0 Å². The van der Waals surface area contributed by atoms with Gasteiger partial charge in [0.15, 0.2) is 11.6 Å². The molecule has 114 valence electrons. The van der Waals surface area contributed by atoms with Crippen LogP contribution in [-0.4, -0.2) is 10.5 Å². The lowest BCUT2D eigenvalue weighted by Crippen LogP contribution is -2.61. The minimum atomic E-state index is -0.339. The Balaban J connectivity index is 1.68. The maximum absolute atomic E-state index is 14.1. The zero-order valence-corrected chi connectivity index (χ0v) is 13.4. The van der Waals surface area contributed by atoms with Crippen LogP contribution in [0.5, 0.6) is 0 Å². The highest BCUT2D eigenvalue weighted by molar-refractivity contribution is 6.30. The summed E-state index contributed by atoms with van der Waals surface area (Å²) in [5.41, 5.74) is 0.832. The highest BCUT2D eigenvalue weighted by Gasteiger charge is 2.60. The van der Waals surface area contributed by atoms with Gasteiger partial charge in [0.05, 0.1) is 5.02 Å². The summed E-state index contributed by atoms with van der Waals surface area (Å²) in [6, 6.07) is 1.35. The molecular formula is C17H22ClFN2. The van der Waals surface area contributed by atoms with E-state index in [1.165, 1.54) is 31.5 Å². The largest absolute Gasteiger partial charge is 0.362 e. The second-order valence-electron chi connectivity index (χ2n) is 8.52. The van der Waals surface area contributed by atoms with Crippen LogP contribution in [0.15, 0.2) is 12.3 Å². The summed E-state index contributed by atoms with van der Waals surface area (Å²) >= 11 is 5.81. The van der Waals surface area contributed by atoms with Gasteiger partial charge in [0.1, 0.15) is 0 Å². The normalized spacial score (nSPS) is 44.1. The number of pyridine rings is 1. The van der Waals surface area contributed by atoms with Crippen LogP contribution in [0.1, 0.15) is 52.4 Å². The number of nitrogens with zero attached hydrogens (tertiary/aromatic N) is 1. The van der Waals surface area contributed by atoms with Gasteiger partial charge < -0.3 is 5.32 Å². The summed E-state index contributed by atoms with van der Waals surface area (Å²) in [7, 11) is 0. The van der Waals surface area contributed by atoms with Gasteiger partial charge in [0.25, 0.3) is 0 Å². The van der Waals surface area contributed by atoms with Crippen LogP contribution in [0.2, 0.25) is 5.02 Å². The molecule has 0 radical (unpaired) electrons. The monoisotopic (exact) mass is 308 g/mol. The molecule has 4 aliphatic rings. The summed E-state index contributed by atoms with van der Waals surface area (Å²) < 4.78 is 14.1. The Morgan fingerprint density at radius 3 is 2.43 bits per heavy atom. The zero-order valence-electron chi connectivity index (χ0n) is 12.7. The average molecular weight is 309 g/mol. The van der Waals surface area contributed by atoms with Crippen molar-refractivity contribution in [3.05, 3.63) is 23.1 Å². The van der Waals surface area contributed by atoms with Crippen molar-refractivity contribution in [1.82, 2.24) is 4.98 Å². The van der Waals surface area contributed by atoms with Gasteiger partial charge in [-0.25, -0.2) is 9.37 Å². The van der Waals surface area contributed by atoms with Crippen molar-refractivity contribution in [2.24, 2.45) is 16.7 Å². The molecule has 1 aromatic rings. The molecule has 0 amide bonds. The van der Waals surface area contributed by atoms with Gasteiger partial charge in [0.2, 0.25) is 0 Å². The number of nitrogens with one attached hydrogen (secondary N) is 1. The fraction of sp³-hybridized carbons (Fsp3) is 0.706. The fourth-order valence-corrected chi connectivity index (χ4v) is 6.49. The van der Waals surface area contributed by atoms with Crippen LogP contribution in [-0.2, 0) is 0 Å². The fourth-order valence-electron chi connectivity index (χ4n) is 6.34. The molecule has 1 heterocycles. The number of anilines is 1. The predicted molar refractivity (Wildman–Crippen MR) is 83.0 cm³/mol. The Kier molecular flexibility index (Phi) is 2.71. The third-order valence-corrected chi connectivity index (χ3v) is 6.02. The lowest BCUT2D eigenvalue weighted by molar-refractivity contribution is -0.0974. The first kappa shape index (κ1) is 13.8. The van der Waals surface area contributed by atoms with Crippen molar-refractivity contribution in [3.8, 4) is 0 Å². The predicted octanol–water partition coefficient (Wildman–Crippen LogP) is 5.04. The van der Waals surface area contributed by atoms with Crippen LogP contribution < -0.4 is 5.32 Å². The van der Waals surface area contributed by atoms with Crippen molar-refractivity contribution >= 4 is 17.4 Å². The summed E-state index contributed by atoms with van der Waals surface area (Å²) in [6.45, 7) is 4.83. The molecule has 5 rings (SSSR count). The highest BCUT2D eigenvalue weighted by Crippen LogP contribution is 2.66. The Hall–Kier alpha value is -0.830. The molecule has 0 aromatic carbocycles. The number of hydrogen-bond donors (Lipinski definition) is 1. The van der Waals surface area contributed by atoms with E-state index >= 15 is 0 Å². The molecule has 2 nitrogen and oxygen atoms in total. The average Bonchev–Trinajstić information content (AvgIpc) is 2.28. The Labute approximate surface area is 130 Å². The van der Waals surface area contributed by atoms with E-state index in [1.54, 1.807) is 0 Å². The van der Waals surface area contributed by atoms with E-state index < -0.39 is 0 Å². The van der Waals surface area contributed by atoms with E-state index in [1.807, 2.05) is 0 Å². The molecule has 4 fully saturated rings. The topological polar surface area (TPSA) is 24.9 Å². The quantitative estimate of drug-likeness (QED) is 0.828. The number of aromatic nitrogens is 1. The lowest BCUT2D eigenvalue weighted by atomic mass is 9.43. The third kappa shape index (κ3) is 2.25. The van der Waals surface area contributed by atoms with E-state index in [9.17, 15) is 4.39 Å². The summed E-state index contributed by atoms with van der Waals surface area (Å²) in [5.74, 6) is 0.807. The molecule has 21 heavy (non-hydrogen) atoms. The van der Waals surface area contributed by atoms with Crippen molar-refractivity contribution in [1.29, 1.82) is 0 Å². The first-order valence-electron chi connectivity index (χ1n) is 7.88. The molecule has 4 bridgehead atoms. The zero-order chi connectivity index (χ0) is 14.9. The third-order valence-electron chi connectivity index (χ3n) is 5.82. The van der Waals surface area contributed by atoms with E-state index in [-0.39, 0.29) is 11.4 Å². The molecule has 4 saturated carbocycles. The number of halogens is 2. The second-order valence-corrected chi connectivity index (χ2v) is 8.96. The molecular weight excluding hydrogens is 287 g/mol. The molecule has 0 spiro atoms. The molecule has 2 unspecified atom stereocenters. The molecule has 0 saturated heterocycles. The summed E-state index contributed by atoms with van der Waals surface area (Å²) in [6.07, 6.45) is 8.94. The van der Waals surface area contributed by atoms with Gasteiger partial charge in [-0.05, 0) is 61.3 Å². The van der Waals surface area contributed by atoms with Crippen molar-refractivity contribution < 1.29 is 4.39 Å². The van der Waals surface area contributed by atoms with Crippen molar-refractivity contribution in [2.75, 3.05) is 5.32 Å². The van der Waals surface area contributed by atoms with E-state index in [2.05, 4.69) is 24.1 Å². The standard InChI is InChI=1S/C17H22ClFN2/c1-15-4-11-5-16(2,8-15)10-17(6-11,9-15)21-14-13(19)3-12(18)7-20-14/h3,7,11H,4-6,8-10H2,1-2H3,(H,20,21). The molecule has 1 aromatic heterocycles. The van der Waals surface area contributed by atoms with Gasteiger partial charge >= 0.3 is 0 Å². The number of rotatable bonds is 2. The molecule has 4 heteroatoms. The second kappa shape index (κ2) is 4.13. The van der Waals surface area contributed by atoms with Crippen LogP contribution in [0, 0.1) is 22.6 Å². The first-order valence-corrected chi connectivity index (χ1v) is 8.26. The molecule has 1 N–H and O–H groups in total. The molecule has 4 aliphatic carbocycles. The van der Waals surface area contributed by atoms with Gasteiger partial charge in [-0.15, -0.1) is 0 Å². The molecule has 2 atom stereocenters. The van der Waals surface area contributed by atoms with E-state index in [0.717, 1.165) is 25.2 Å². The Morgan fingerprint density at radius 2 is 1.86 bits per heavy atom. The van der Waals surface area contributed by atoms with Gasteiger partial charge in [-0.1, -0.05) is 25.4 Å². The van der Waals surface area contributed by atoms with E-state index in [0.29, 0.717) is 21.7 Å². The SMILES string of the molecule is CC12CC3CC(C)(C1)CC(Nc1ncc(Cl)cc1F)(C3)C2. The van der Waals surface area contributed by atoms with Crippen LogP contribution in [0.3, 0.4) is 0 Å². The maximum Gasteiger partial charge on any atom is 0.166 e. The van der Waals surface area contributed by atoms with E-state index in [4.69, 9.17) is 11.6 Å². The van der Waals surface area contributed by atoms with Gasteiger partial charge in [-0.3, -0.25) is 0 Å². The number of hydrogen-bond acceptors (Lipinski definition) is 2. The van der Waals surface area contributed by atoms with Gasteiger partial charge in [0, 0.05) is 11.7 Å². The van der Waals surface area contributed by atoms with Crippen LogP contribution in [0.4, 0.5) is 10.2 Å². The molecule has 0 aliphatic heterocycles. The highest BCUT2D eigenvalue weighted by atomic mass is 35.5. The first-order chi connectivity index (χ1) is 9.79.